The van der Waals surface area contributed by atoms with Gasteiger partial charge in [0.25, 0.3) is 0 Å². The second-order valence-corrected chi connectivity index (χ2v) is 11.6. The molecule has 4 N–H and O–H groups in total. The van der Waals surface area contributed by atoms with Crippen LogP contribution in [0.3, 0.4) is 0 Å². The van der Waals surface area contributed by atoms with Crippen molar-refractivity contribution in [1.82, 2.24) is 0 Å². The average Bonchev–Trinajstić information content (AvgIpc) is 3.28. The molecule has 0 spiro atoms. The molecule has 9 unspecified atom stereocenters. The predicted octanol–water partition coefficient (Wildman–Crippen LogP) is 1.18. The van der Waals surface area contributed by atoms with Gasteiger partial charge in [-0.2, -0.15) is 0 Å². The highest BCUT2D eigenvalue weighted by molar-refractivity contribution is 5.71. The predicted molar refractivity (Wildman–Crippen MR) is 158 cm³/mol. The maximum Gasteiger partial charge on any atom is 0.306 e. The Morgan fingerprint density at radius 3 is 1.63 bits per heavy atom. The number of aliphatic hydroxyl groups is 4. The van der Waals surface area contributed by atoms with Crippen molar-refractivity contribution in [3.05, 3.63) is 0 Å². The second kappa shape index (κ2) is 20.1. The summed E-state index contributed by atoms with van der Waals surface area (Å²) in [5, 5.41) is 41.7. The Morgan fingerprint density at radius 2 is 1.15 bits per heavy atom. The van der Waals surface area contributed by atoms with E-state index in [1.807, 2.05) is 20.8 Å². The fourth-order valence-corrected chi connectivity index (χ4v) is 5.30. The van der Waals surface area contributed by atoms with Crippen LogP contribution in [-0.4, -0.2) is 119 Å². The van der Waals surface area contributed by atoms with Crippen molar-refractivity contribution < 1.29 is 72.8 Å². The molecule has 0 radical (unpaired) electrons. The van der Waals surface area contributed by atoms with Crippen LogP contribution in [0, 0.1) is 0 Å². The summed E-state index contributed by atoms with van der Waals surface area (Å²) in [6.07, 6.45) is -7.19. The van der Waals surface area contributed by atoms with Crippen LogP contribution in [0.15, 0.2) is 0 Å². The van der Waals surface area contributed by atoms with Gasteiger partial charge in [-0.15, -0.1) is 0 Å². The SMILES string of the molecule is CCCCCC(=O)OC1C(OC2(CO)OC(CO)C(OC(C)=O)C2O)OC(CO)C(OC(=O)CCCC)C1OC(=O)CCCCC. The van der Waals surface area contributed by atoms with Gasteiger partial charge in [-0.25, -0.2) is 0 Å². The lowest BCUT2D eigenvalue weighted by Gasteiger charge is -2.46. The molecule has 0 bridgehead atoms. The summed E-state index contributed by atoms with van der Waals surface area (Å²) in [6, 6.07) is 0. The van der Waals surface area contributed by atoms with Gasteiger partial charge in [-0.3, -0.25) is 19.2 Å². The molecular formula is C31H52O15. The minimum absolute atomic E-state index is 0.00116. The van der Waals surface area contributed by atoms with Gasteiger partial charge in [-0.1, -0.05) is 52.9 Å². The normalized spacial score (nSPS) is 30.9. The summed E-state index contributed by atoms with van der Waals surface area (Å²) in [4.78, 5) is 50.6. The molecule has 2 saturated heterocycles. The molecule has 2 aliphatic rings. The van der Waals surface area contributed by atoms with E-state index in [0.717, 1.165) is 32.6 Å². The summed E-state index contributed by atoms with van der Waals surface area (Å²) >= 11 is 0. The molecule has 0 aliphatic carbocycles. The summed E-state index contributed by atoms with van der Waals surface area (Å²) in [6.45, 7) is 4.31. The molecule has 2 aliphatic heterocycles. The Labute approximate surface area is 269 Å². The minimum atomic E-state index is -2.40. The van der Waals surface area contributed by atoms with Gasteiger partial charge in [0.05, 0.1) is 13.2 Å². The summed E-state index contributed by atoms with van der Waals surface area (Å²) in [5.74, 6) is -5.29. The fourth-order valence-electron chi connectivity index (χ4n) is 5.30. The zero-order valence-electron chi connectivity index (χ0n) is 27.3. The number of carbonyl (C=O) groups is 4. The van der Waals surface area contributed by atoms with Gasteiger partial charge in [0.2, 0.25) is 12.1 Å². The third kappa shape index (κ3) is 11.1. The first-order valence-corrected chi connectivity index (χ1v) is 16.3. The van der Waals surface area contributed by atoms with Crippen LogP contribution in [0.4, 0.5) is 0 Å². The molecule has 46 heavy (non-hydrogen) atoms. The van der Waals surface area contributed by atoms with E-state index in [4.69, 9.17) is 33.2 Å². The molecule has 2 fully saturated rings. The molecule has 2 rings (SSSR count). The molecule has 0 aromatic rings. The highest BCUT2D eigenvalue weighted by Gasteiger charge is 2.61. The number of ether oxygens (including phenoxy) is 7. The molecule has 0 amide bonds. The largest absolute Gasteiger partial charge is 0.457 e. The van der Waals surface area contributed by atoms with Crippen LogP contribution in [0.1, 0.15) is 98.3 Å². The Hall–Kier alpha value is -2.40. The third-order valence-corrected chi connectivity index (χ3v) is 7.77. The number of rotatable bonds is 20. The molecule has 9 atom stereocenters. The lowest BCUT2D eigenvalue weighted by molar-refractivity contribution is -0.384. The first kappa shape index (κ1) is 39.8. The van der Waals surface area contributed by atoms with Gasteiger partial charge >= 0.3 is 23.9 Å². The Balaban J connectivity index is 2.55. The Bertz CT molecular complexity index is 960. The van der Waals surface area contributed by atoms with E-state index in [1.54, 1.807) is 0 Å². The van der Waals surface area contributed by atoms with Crippen molar-refractivity contribution in [1.29, 1.82) is 0 Å². The number of esters is 4. The maximum absolute atomic E-state index is 13.1. The fraction of sp³-hybridized carbons (Fsp3) is 0.871. The van der Waals surface area contributed by atoms with E-state index < -0.39 is 98.5 Å². The van der Waals surface area contributed by atoms with Crippen LogP contribution in [0.25, 0.3) is 0 Å². The number of aliphatic hydroxyl groups excluding tert-OH is 4. The highest BCUT2D eigenvalue weighted by Crippen LogP contribution is 2.39. The van der Waals surface area contributed by atoms with Crippen LogP contribution < -0.4 is 0 Å². The van der Waals surface area contributed by atoms with E-state index >= 15 is 0 Å². The first-order valence-electron chi connectivity index (χ1n) is 16.3. The van der Waals surface area contributed by atoms with E-state index in [2.05, 4.69) is 0 Å². The first-order chi connectivity index (χ1) is 22.0. The lowest BCUT2D eigenvalue weighted by Crippen LogP contribution is -2.65. The van der Waals surface area contributed by atoms with E-state index in [9.17, 15) is 39.6 Å². The van der Waals surface area contributed by atoms with Crippen LogP contribution in [0.2, 0.25) is 0 Å². The molecule has 15 heteroatoms. The number of unbranched alkanes of at least 4 members (excludes halogenated alkanes) is 5. The van der Waals surface area contributed by atoms with Gasteiger partial charge in [0.15, 0.2) is 24.4 Å². The van der Waals surface area contributed by atoms with E-state index in [-0.39, 0.29) is 19.3 Å². The summed E-state index contributed by atoms with van der Waals surface area (Å²) in [5.41, 5.74) is 0. The minimum Gasteiger partial charge on any atom is -0.457 e. The van der Waals surface area contributed by atoms with Crippen LogP contribution in [-0.2, 0) is 52.3 Å². The van der Waals surface area contributed by atoms with Crippen LogP contribution >= 0.6 is 0 Å². The molecule has 266 valence electrons. The Kier molecular flexibility index (Phi) is 17.4. The lowest BCUT2D eigenvalue weighted by atomic mass is 9.97. The quantitative estimate of drug-likeness (QED) is 0.0817. The molecular weight excluding hydrogens is 612 g/mol. The Morgan fingerprint density at radius 1 is 0.652 bits per heavy atom. The van der Waals surface area contributed by atoms with Crippen molar-refractivity contribution in [2.45, 2.75) is 153 Å². The average molecular weight is 665 g/mol. The maximum atomic E-state index is 13.1. The van der Waals surface area contributed by atoms with Crippen molar-refractivity contribution in [3.63, 3.8) is 0 Å². The van der Waals surface area contributed by atoms with Crippen molar-refractivity contribution in [2.24, 2.45) is 0 Å². The monoisotopic (exact) mass is 664 g/mol. The van der Waals surface area contributed by atoms with Gasteiger partial charge < -0.3 is 53.6 Å². The smallest absolute Gasteiger partial charge is 0.306 e. The van der Waals surface area contributed by atoms with Crippen molar-refractivity contribution in [3.8, 4) is 0 Å². The van der Waals surface area contributed by atoms with E-state index in [1.165, 1.54) is 0 Å². The zero-order valence-corrected chi connectivity index (χ0v) is 27.3. The number of hydrogen-bond acceptors (Lipinski definition) is 15. The van der Waals surface area contributed by atoms with Crippen molar-refractivity contribution >= 4 is 23.9 Å². The van der Waals surface area contributed by atoms with E-state index in [0.29, 0.717) is 25.7 Å². The standard InChI is InChI=1S/C31H52O15/c1-5-8-11-14-23(37)43-27-25(42-22(36)13-10-7-3)20(16-32)41-30(28(27)44-24(38)15-12-9-6-2)46-31(18-34)29(39)26(40-19(4)35)21(17-33)45-31/h20-21,25-30,32-34,39H,5-18H2,1-4H3. The van der Waals surface area contributed by atoms with Crippen molar-refractivity contribution in [2.75, 3.05) is 19.8 Å². The highest BCUT2D eigenvalue weighted by atomic mass is 16.8. The number of hydrogen-bond donors (Lipinski definition) is 4. The van der Waals surface area contributed by atoms with Gasteiger partial charge in [0, 0.05) is 26.2 Å². The van der Waals surface area contributed by atoms with Crippen LogP contribution in [0.5, 0.6) is 0 Å². The van der Waals surface area contributed by atoms with Gasteiger partial charge in [0.1, 0.15) is 24.9 Å². The molecule has 0 saturated carbocycles. The molecule has 0 aromatic heterocycles. The second-order valence-electron chi connectivity index (χ2n) is 11.6. The molecule has 15 nitrogen and oxygen atoms in total. The van der Waals surface area contributed by atoms with Gasteiger partial charge in [-0.05, 0) is 19.3 Å². The number of carbonyl (C=O) groups excluding carboxylic acids is 4. The zero-order chi connectivity index (χ0) is 34.3. The summed E-state index contributed by atoms with van der Waals surface area (Å²) < 4.78 is 39.9. The molecule has 0 aromatic carbocycles. The molecule has 2 heterocycles. The topological polar surface area (TPSA) is 214 Å². The third-order valence-electron chi connectivity index (χ3n) is 7.77. The summed E-state index contributed by atoms with van der Waals surface area (Å²) in [7, 11) is 0.